The number of carbonyl (C=O) groups is 1. The van der Waals surface area contributed by atoms with Gasteiger partial charge in [0.15, 0.2) is 5.82 Å². The van der Waals surface area contributed by atoms with E-state index in [1.54, 1.807) is 31.4 Å². The number of likely N-dealkylation sites (tertiary alicyclic amines) is 1. The van der Waals surface area contributed by atoms with Crippen molar-refractivity contribution in [1.29, 1.82) is 5.26 Å². The summed E-state index contributed by atoms with van der Waals surface area (Å²) in [6.07, 6.45) is 5.76. The van der Waals surface area contributed by atoms with Crippen molar-refractivity contribution >= 4 is 33.4 Å². The molecule has 2 aromatic carbocycles. The van der Waals surface area contributed by atoms with E-state index >= 15 is 4.39 Å². The number of anilines is 1. The number of methoxy groups -OCH3 is 2. The Labute approximate surface area is 279 Å². The first-order valence-corrected chi connectivity index (χ1v) is 16.1. The smallest absolute Gasteiger partial charge is 0.319 e. The van der Waals surface area contributed by atoms with Crippen molar-refractivity contribution in [1.82, 2.24) is 24.8 Å². The molecule has 2 fully saturated rings. The minimum absolute atomic E-state index is 0.0507. The van der Waals surface area contributed by atoms with Gasteiger partial charge in [-0.3, -0.25) is 14.7 Å². The third-order valence-electron chi connectivity index (χ3n) is 9.32. The maximum Gasteiger partial charge on any atom is 0.319 e. The standard InChI is InChI=1S/C36H40FN7O4/c1-23-8-5-9-24-10-6-11-28(31(23)24)33-32(37)34-29(19-39-33)35(41-36(40-34)48-22-26-18-27(47-4)21-42(26)2)43-15-16-44(25(20-43)13-14-38)30(45)12-7-17-46-3/h5-12,19,25-27H,13,15-18,20-22H2,1-4H3/b12-7+/t25-,26-,27+/m0/s1. The van der Waals surface area contributed by atoms with E-state index < -0.39 is 11.9 Å². The second-order valence-corrected chi connectivity index (χ2v) is 12.3. The normalized spacial score (nSPS) is 20.2. The molecule has 11 nitrogen and oxygen atoms in total. The highest BCUT2D eigenvalue weighted by atomic mass is 19.1. The molecule has 6 rings (SSSR count). The second kappa shape index (κ2) is 14.6. The summed E-state index contributed by atoms with van der Waals surface area (Å²) in [5.41, 5.74) is 1.98. The summed E-state index contributed by atoms with van der Waals surface area (Å²) < 4.78 is 33.6. The lowest BCUT2D eigenvalue weighted by atomic mass is 9.97. The number of rotatable bonds is 10. The number of piperazine rings is 1. The first kappa shape index (κ1) is 33.2. The van der Waals surface area contributed by atoms with Crippen molar-refractivity contribution < 1.29 is 23.4 Å². The van der Waals surface area contributed by atoms with Gasteiger partial charge in [-0.1, -0.05) is 42.5 Å². The number of fused-ring (bicyclic) bond motifs is 2. The topological polar surface area (TPSA) is 117 Å². The van der Waals surface area contributed by atoms with Gasteiger partial charge in [-0.05, 0) is 36.7 Å². The number of likely N-dealkylation sites (N-methyl/N-ethyl adjacent to an activating group) is 1. The maximum atomic E-state index is 16.8. The third kappa shape index (κ3) is 6.67. The molecule has 0 bridgehead atoms. The van der Waals surface area contributed by atoms with Gasteiger partial charge in [0, 0.05) is 64.3 Å². The van der Waals surface area contributed by atoms with E-state index in [0.717, 1.165) is 29.3 Å². The molecule has 4 aromatic rings. The summed E-state index contributed by atoms with van der Waals surface area (Å²) >= 11 is 0. The van der Waals surface area contributed by atoms with Crippen LogP contribution in [-0.2, 0) is 14.3 Å². The highest BCUT2D eigenvalue weighted by Gasteiger charge is 2.33. The Morgan fingerprint density at radius 1 is 1.12 bits per heavy atom. The number of hydrogen-bond donors (Lipinski definition) is 0. The Bertz CT molecular complexity index is 1870. The first-order chi connectivity index (χ1) is 23.3. The number of nitriles is 1. The van der Waals surface area contributed by atoms with Crippen molar-refractivity contribution in [3.05, 3.63) is 66.1 Å². The molecule has 48 heavy (non-hydrogen) atoms. The molecule has 2 aromatic heterocycles. The Kier molecular flexibility index (Phi) is 10.1. The van der Waals surface area contributed by atoms with Crippen LogP contribution < -0.4 is 9.64 Å². The molecule has 0 N–H and O–H groups in total. The number of amides is 1. The van der Waals surface area contributed by atoms with Crippen LogP contribution in [0, 0.1) is 24.1 Å². The number of carbonyl (C=O) groups excluding carboxylic acids is 1. The van der Waals surface area contributed by atoms with E-state index in [-0.39, 0.29) is 41.7 Å². The fourth-order valence-corrected chi connectivity index (χ4v) is 6.76. The minimum Gasteiger partial charge on any atom is -0.462 e. The average molecular weight is 654 g/mol. The lowest BCUT2D eigenvalue weighted by Crippen LogP contribution is -2.55. The molecule has 1 amide bonds. The second-order valence-electron chi connectivity index (χ2n) is 12.3. The molecule has 3 atom stereocenters. The van der Waals surface area contributed by atoms with Gasteiger partial charge in [-0.15, -0.1) is 0 Å². The van der Waals surface area contributed by atoms with E-state index in [1.165, 1.54) is 6.08 Å². The van der Waals surface area contributed by atoms with Crippen LogP contribution in [0.5, 0.6) is 6.01 Å². The van der Waals surface area contributed by atoms with Crippen LogP contribution in [0.15, 0.2) is 54.7 Å². The van der Waals surface area contributed by atoms with E-state index in [1.807, 2.05) is 55.3 Å². The van der Waals surface area contributed by atoms with Crippen molar-refractivity contribution in [2.24, 2.45) is 0 Å². The molecule has 0 aliphatic carbocycles. The van der Waals surface area contributed by atoms with E-state index in [4.69, 9.17) is 19.2 Å². The Morgan fingerprint density at radius 3 is 2.69 bits per heavy atom. The van der Waals surface area contributed by atoms with Crippen LogP contribution in [0.2, 0.25) is 0 Å². The number of aromatic nitrogens is 3. The van der Waals surface area contributed by atoms with Crippen LogP contribution in [0.25, 0.3) is 32.9 Å². The number of hydrogen-bond acceptors (Lipinski definition) is 10. The number of benzene rings is 2. The maximum absolute atomic E-state index is 16.8. The number of aryl methyl sites for hydroxylation is 1. The molecule has 0 radical (unpaired) electrons. The monoisotopic (exact) mass is 653 g/mol. The third-order valence-corrected chi connectivity index (χ3v) is 9.32. The Morgan fingerprint density at radius 2 is 1.94 bits per heavy atom. The van der Waals surface area contributed by atoms with Crippen LogP contribution in [0.3, 0.4) is 0 Å². The lowest BCUT2D eigenvalue weighted by molar-refractivity contribution is -0.128. The molecular weight excluding hydrogens is 613 g/mol. The van der Waals surface area contributed by atoms with Gasteiger partial charge in [0.1, 0.15) is 23.6 Å². The van der Waals surface area contributed by atoms with Gasteiger partial charge in [-0.25, -0.2) is 4.39 Å². The van der Waals surface area contributed by atoms with Crippen molar-refractivity contribution in [3.8, 4) is 23.3 Å². The first-order valence-electron chi connectivity index (χ1n) is 16.1. The predicted molar refractivity (Wildman–Crippen MR) is 181 cm³/mol. The predicted octanol–water partition coefficient (Wildman–Crippen LogP) is 4.52. The number of nitrogens with zero attached hydrogens (tertiary/aromatic N) is 7. The molecule has 2 aliphatic heterocycles. The quantitative estimate of drug-likeness (QED) is 0.226. The summed E-state index contributed by atoms with van der Waals surface area (Å²) in [4.78, 5) is 32.9. The van der Waals surface area contributed by atoms with Crippen molar-refractivity contribution in [2.45, 2.75) is 38.0 Å². The minimum atomic E-state index is -0.570. The summed E-state index contributed by atoms with van der Waals surface area (Å²) in [7, 11) is 5.28. The van der Waals surface area contributed by atoms with Gasteiger partial charge in [0.05, 0.1) is 36.6 Å². The largest absolute Gasteiger partial charge is 0.462 e. The molecule has 250 valence electrons. The fourth-order valence-electron chi connectivity index (χ4n) is 6.76. The van der Waals surface area contributed by atoms with Crippen molar-refractivity contribution in [2.75, 3.05) is 65.6 Å². The molecule has 12 heteroatoms. The average Bonchev–Trinajstić information content (AvgIpc) is 3.46. The molecule has 2 aliphatic rings. The number of ether oxygens (including phenoxy) is 3. The zero-order chi connectivity index (χ0) is 33.8. The van der Waals surface area contributed by atoms with E-state index in [0.29, 0.717) is 49.6 Å². The van der Waals surface area contributed by atoms with Crippen LogP contribution in [0.4, 0.5) is 10.2 Å². The Balaban J connectivity index is 1.40. The van der Waals surface area contributed by atoms with Crippen LogP contribution in [0.1, 0.15) is 18.4 Å². The highest BCUT2D eigenvalue weighted by molar-refractivity contribution is 6.00. The molecule has 0 unspecified atom stereocenters. The summed E-state index contributed by atoms with van der Waals surface area (Å²) in [5.74, 6) is -0.317. The highest BCUT2D eigenvalue weighted by Crippen LogP contribution is 2.36. The Hall–Kier alpha value is -4.70. The van der Waals surface area contributed by atoms with Gasteiger partial charge < -0.3 is 24.0 Å². The molecule has 2 saturated heterocycles. The van der Waals surface area contributed by atoms with Crippen molar-refractivity contribution in [3.63, 3.8) is 0 Å². The zero-order valence-corrected chi connectivity index (χ0v) is 27.7. The molecular formula is C36H40FN7O4. The van der Waals surface area contributed by atoms with Gasteiger partial charge in [0.25, 0.3) is 0 Å². The lowest BCUT2D eigenvalue weighted by Gasteiger charge is -2.41. The summed E-state index contributed by atoms with van der Waals surface area (Å²) in [5, 5.41) is 12.0. The zero-order valence-electron chi connectivity index (χ0n) is 27.7. The van der Waals surface area contributed by atoms with E-state index in [2.05, 4.69) is 20.9 Å². The van der Waals surface area contributed by atoms with Crippen LogP contribution >= 0.6 is 0 Å². The molecule has 0 spiro atoms. The van der Waals surface area contributed by atoms with Crippen LogP contribution in [-0.4, -0.2) is 110 Å². The van der Waals surface area contributed by atoms with Gasteiger partial charge >= 0.3 is 6.01 Å². The number of pyridine rings is 1. The molecule has 4 heterocycles. The SMILES string of the molecule is COC/C=C/C(=O)N1CCN(c2nc(OC[C@@H]3C[C@@H](OC)CN3C)nc3c(F)c(-c4cccc5cccc(C)c45)ncc23)C[C@@H]1CC#N. The van der Waals surface area contributed by atoms with Gasteiger partial charge in [-0.2, -0.15) is 15.2 Å². The summed E-state index contributed by atoms with van der Waals surface area (Å²) in [6.45, 7) is 4.47. The van der Waals surface area contributed by atoms with Gasteiger partial charge in [0.2, 0.25) is 5.91 Å². The fraction of sp³-hybridized carbons (Fsp3) is 0.417. The molecule has 0 saturated carbocycles. The summed E-state index contributed by atoms with van der Waals surface area (Å²) in [6, 6.07) is 13.7. The van der Waals surface area contributed by atoms with E-state index in [9.17, 15) is 10.1 Å². The number of halogens is 1.